The molecule has 0 radical (unpaired) electrons. The zero-order chi connectivity index (χ0) is 15.4. The van der Waals surface area contributed by atoms with E-state index in [4.69, 9.17) is 4.74 Å². The molecule has 2 rings (SSSR count). The molecule has 2 heterocycles. The lowest BCUT2D eigenvalue weighted by molar-refractivity contribution is 0.0599. The molecule has 112 valence electrons. The SMILES string of the molecule is CCc1nn(C)cc1CNc1ccc(C(=O)OC)c(C)n1. The van der Waals surface area contributed by atoms with E-state index in [2.05, 4.69) is 22.3 Å². The van der Waals surface area contributed by atoms with Crippen LogP contribution in [0.3, 0.4) is 0 Å². The highest BCUT2D eigenvalue weighted by atomic mass is 16.5. The first kappa shape index (κ1) is 15.0. The molecule has 0 spiro atoms. The van der Waals surface area contributed by atoms with Crippen molar-refractivity contribution in [1.82, 2.24) is 14.8 Å². The largest absolute Gasteiger partial charge is 0.465 e. The molecule has 0 saturated carbocycles. The van der Waals surface area contributed by atoms with E-state index >= 15 is 0 Å². The topological polar surface area (TPSA) is 69.0 Å². The molecule has 0 atom stereocenters. The third-order valence-electron chi connectivity index (χ3n) is 3.28. The number of ether oxygens (including phenoxy) is 1. The molecule has 0 aliphatic carbocycles. The first-order valence-corrected chi connectivity index (χ1v) is 6.86. The normalized spacial score (nSPS) is 10.5. The number of nitrogens with zero attached hydrogens (tertiary/aromatic N) is 3. The van der Waals surface area contributed by atoms with Gasteiger partial charge in [-0.25, -0.2) is 9.78 Å². The molecule has 6 nitrogen and oxygen atoms in total. The second-order valence-corrected chi connectivity index (χ2v) is 4.80. The standard InChI is InChI=1S/C15H20N4O2/c1-5-13-11(9-19(3)18-13)8-16-14-7-6-12(10(2)17-14)15(20)21-4/h6-7,9H,5,8H2,1-4H3,(H,16,17). The maximum absolute atomic E-state index is 11.5. The Morgan fingerprint density at radius 3 is 2.81 bits per heavy atom. The Balaban J connectivity index is 2.10. The summed E-state index contributed by atoms with van der Waals surface area (Å²) in [5, 5.41) is 7.66. The molecule has 21 heavy (non-hydrogen) atoms. The van der Waals surface area contributed by atoms with E-state index in [-0.39, 0.29) is 5.97 Å². The second kappa shape index (κ2) is 6.39. The number of esters is 1. The second-order valence-electron chi connectivity index (χ2n) is 4.80. The van der Waals surface area contributed by atoms with Crippen LogP contribution < -0.4 is 5.32 Å². The van der Waals surface area contributed by atoms with Gasteiger partial charge in [0.05, 0.1) is 24.1 Å². The lowest BCUT2D eigenvalue weighted by Crippen LogP contribution is -2.08. The van der Waals surface area contributed by atoms with Crippen LogP contribution in [0.4, 0.5) is 5.82 Å². The van der Waals surface area contributed by atoms with Gasteiger partial charge < -0.3 is 10.1 Å². The molecule has 2 aromatic rings. The highest BCUT2D eigenvalue weighted by molar-refractivity contribution is 5.90. The van der Waals surface area contributed by atoms with Crippen LogP contribution in [0.1, 0.15) is 34.2 Å². The van der Waals surface area contributed by atoms with Gasteiger partial charge in [0.25, 0.3) is 0 Å². The maximum Gasteiger partial charge on any atom is 0.339 e. The minimum Gasteiger partial charge on any atom is -0.465 e. The number of rotatable bonds is 5. The zero-order valence-electron chi connectivity index (χ0n) is 12.8. The monoisotopic (exact) mass is 288 g/mol. The van der Waals surface area contributed by atoms with E-state index in [1.165, 1.54) is 7.11 Å². The molecule has 0 saturated heterocycles. The van der Waals surface area contributed by atoms with Crippen molar-refractivity contribution in [1.29, 1.82) is 0 Å². The predicted molar refractivity (Wildman–Crippen MR) is 80.2 cm³/mol. The van der Waals surface area contributed by atoms with Crippen molar-refractivity contribution in [2.75, 3.05) is 12.4 Å². The Morgan fingerprint density at radius 2 is 2.19 bits per heavy atom. The number of aryl methyl sites for hydroxylation is 3. The average Bonchev–Trinajstić information content (AvgIpc) is 2.84. The molecule has 0 unspecified atom stereocenters. The quantitative estimate of drug-likeness (QED) is 0.853. The van der Waals surface area contributed by atoms with Crippen molar-refractivity contribution in [3.05, 3.63) is 40.8 Å². The van der Waals surface area contributed by atoms with E-state index in [9.17, 15) is 4.79 Å². The number of anilines is 1. The van der Waals surface area contributed by atoms with Crippen LogP contribution in [0.5, 0.6) is 0 Å². The van der Waals surface area contributed by atoms with Gasteiger partial charge in [0.2, 0.25) is 0 Å². The lowest BCUT2D eigenvalue weighted by Gasteiger charge is -2.08. The Labute approximate surface area is 124 Å². The lowest BCUT2D eigenvalue weighted by atomic mass is 10.2. The number of methoxy groups -OCH3 is 1. The van der Waals surface area contributed by atoms with E-state index in [0.29, 0.717) is 17.8 Å². The minimum atomic E-state index is -0.368. The van der Waals surface area contributed by atoms with Crippen LogP contribution in [0.25, 0.3) is 0 Å². The third-order valence-corrected chi connectivity index (χ3v) is 3.28. The van der Waals surface area contributed by atoms with Gasteiger partial charge >= 0.3 is 5.97 Å². The van der Waals surface area contributed by atoms with Gasteiger partial charge in [-0.2, -0.15) is 5.10 Å². The number of hydrogen-bond acceptors (Lipinski definition) is 5. The summed E-state index contributed by atoms with van der Waals surface area (Å²) in [6.45, 7) is 4.53. The average molecular weight is 288 g/mol. The van der Waals surface area contributed by atoms with E-state index in [1.54, 1.807) is 19.1 Å². The summed E-state index contributed by atoms with van der Waals surface area (Å²) in [4.78, 5) is 15.9. The van der Waals surface area contributed by atoms with Gasteiger partial charge in [-0.15, -0.1) is 0 Å². The molecular weight excluding hydrogens is 268 g/mol. The smallest absolute Gasteiger partial charge is 0.339 e. The van der Waals surface area contributed by atoms with Gasteiger partial charge in [-0.05, 0) is 25.5 Å². The van der Waals surface area contributed by atoms with Gasteiger partial charge in [0.15, 0.2) is 0 Å². The van der Waals surface area contributed by atoms with Crippen LogP contribution in [0.15, 0.2) is 18.3 Å². The molecule has 0 fully saturated rings. The van der Waals surface area contributed by atoms with E-state index in [0.717, 1.165) is 23.5 Å². The van der Waals surface area contributed by atoms with Crippen LogP contribution in [0.2, 0.25) is 0 Å². The molecule has 2 aromatic heterocycles. The van der Waals surface area contributed by atoms with Gasteiger partial charge in [-0.3, -0.25) is 4.68 Å². The molecule has 0 aliphatic heterocycles. The maximum atomic E-state index is 11.5. The first-order chi connectivity index (χ1) is 10.0. The fourth-order valence-corrected chi connectivity index (χ4v) is 2.20. The first-order valence-electron chi connectivity index (χ1n) is 6.86. The molecule has 0 aromatic carbocycles. The summed E-state index contributed by atoms with van der Waals surface area (Å²) in [6.07, 6.45) is 2.90. The molecule has 0 bridgehead atoms. The highest BCUT2D eigenvalue weighted by Crippen LogP contribution is 2.14. The van der Waals surface area contributed by atoms with Crippen LogP contribution >= 0.6 is 0 Å². The number of carbonyl (C=O) groups excluding carboxylic acids is 1. The molecular formula is C15H20N4O2. The summed E-state index contributed by atoms with van der Waals surface area (Å²) < 4.78 is 6.52. The van der Waals surface area contributed by atoms with Crippen molar-refractivity contribution in [2.45, 2.75) is 26.8 Å². The Hall–Kier alpha value is -2.37. The molecule has 0 amide bonds. The summed E-state index contributed by atoms with van der Waals surface area (Å²) in [5.74, 6) is 0.359. The van der Waals surface area contributed by atoms with Crippen LogP contribution in [0, 0.1) is 6.92 Å². The molecule has 1 N–H and O–H groups in total. The zero-order valence-corrected chi connectivity index (χ0v) is 12.8. The van der Waals surface area contributed by atoms with Gasteiger partial charge in [-0.1, -0.05) is 6.92 Å². The number of aromatic nitrogens is 3. The number of nitrogens with one attached hydrogen (secondary N) is 1. The number of pyridine rings is 1. The van der Waals surface area contributed by atoms with Crippen molar-refractivity contribution in [3.63, 3.8) is 0 Å². The summed E-state index contributed by atoms with van der Waals surface area (Å²) in [6, 6.07) is 3.50. The fourth-order valence-electron chi connectivity index (χ4n) is 2.20. The fraction of sp³-hybridized carbons (Fsp3) is 0.400. The van der Waals surface area contributed by atoms with Crippen molar-refractivity contribution >= 4 is 11.8 Å². The summed E-state index contributed by atoms with van der Waals surface area (Å²) in [5.41, 5.74) is 3.36. The molecule has 6 heteroatoms. The Kier molecular flexibility index (Phi) is 4.57. The summed E-state index contributed by atoms with van der Waals surface area (Å²) in [7, 11) is 3.28. The molecule has 0 aliphatic rings. The number of carbonyl (C=O) groups is 1. The highest BCUT2D eigenvalue weighted by Gasteiger charge is 2.11. The minimum absolute atomic E-state index is 0.368. The van der Waals surface area contributed by atoms with Gasteiger partial charge in [0.1, 0.15) is 5.82 Å². The van der Waals surface area contributed by atoms with Crippen LogP contribution in [-0.2, 0) is 24.8 Å². The predicted octanol–water partition coefficient (Wildman–Crippen LogP) is 2.08. The Morgan fingerprint density at radius 1 is 1.43 bits per heavy atom. The van der Waals surface area contributed by atoms with E-state index < -0.39 is 0 Å². The van der Waals surface area contributed by atoms with Crippen LogP contribution in [-0.4, -0.2) is 27.8 Å². The van der Waals surface area contributed by atoms with Gasteiger partial charge in [0, 0.05) is 25.4 Å². The Bertz CT molecular complexity index is 649. The number of hydrogen-bond donors (Lipinski definition) is 1. The van der Waals surface area contributed by atoms with Crippen molar-refractivity contribution in [2.24, 2.45) is 7.05 Å². The third kappa shape index (κ3) is 3.39. The van der Waals surface area contributed by atoms with Crippen molar-refractivity contribution in [3.8, 4) is 0 Å². The van der Waals surface area contributed by atoms with E-state index in [1.807, 2.05) is 17.9 Å². The van der Waals surface area contributed by atoms with Crippen molar-refractivity contribution < 1.29 is 9.53 Å². The summed E-state index contributed by atoms with van der Waals surface area (Å²) >= 11 is 0.